The van der Waals surface area contributed by atoms with E-state index in [0.717, 1.165) is 27.7 Å². The maximum atomic E-state index is 11.7. The number of hydrogen-bond donors (Lipinski definition) is 2. The van der Waals surface area contributed by atoms with Crippen LogP contribution in [0.5, 0.6) is 5.75 Å². The molecule has 1 heterocycles. The third kappa shape index (κ3) is 7.72. The molecule has 0 bridgehead atoms. The first-order valence-electron chi connectivity index (χ1n) is 11.9. The highest BCUT2D eigenvalue weighted by atomic mass is 79.9. The Hall–Kier alpha value is -3.07. The lowest BCUT2D eigenvalue weighted by atomic mass is 9.99. The number of rotatable bonds is 12. The van der Waals surface area contributed by atoms with Gasteiger partial charge in [0.15, 0.2) is 0 Å². The quantitative estimate of drug-likeness (QED) is 0.168. The van der Waals surface area contributed by atoms with E-state index in [2.05, 4.69) is 20.9 Å². The summed E-state index contributed by atoms with van der Waals surface area (Å²) in [6.07, 6.45) is 1.23. The van der Waals surface area contributed by atoms with Gasteiger partial charge >= 0.3 is 11.9 Å². The molecule has 0 saturated heterocycles. The molecule has 9 heteroatoms. The van der Waals surface area contributed by atoms with Gasteiger partial charge in [-0.15, -0.1) is 0 Å². The van der Waals surface area contributed by atoms with Gasteiger partial charge in [0.25, 0.3) is 0 Å². The second-order valence-electron chi connectivity index (χ2n) is 8.65. The van der Waals surface area contributed by atoms with E-state index in [1.54, 1.807) is 17.8 Å². The van der Waals surface area contributed by atoms with Crippen molar-refractivity contribution in [1.29, 1.82) is 0 Å². The number of halogens is 2. The molecule has 0 amide bonds. The van der Waals surface area contributed by atoms with Crippen LogP contribution < -0.4 is 4.74 Å². The number of carbonyl (C=O) groups is 2. The summed E-state index contributed by atoms with van der Waals surface area (Å²) in [5, 5.41) is 20.3. The van der Waals surface area contributed by atoms with Gasteiger partial charge in [0, 0.05) is 25.9 Å². The number of thioether (sulfide) groups is 1. The van der Waals surface area contributed by atoms with E-state index in [9.17, 15) is 14.7 Å². The van der Waals surface area contributed by atoms with Gasteiger partial charge in [-0.1, -0.05) is 57.9 Å². The number of nitrogens with zero attached hydrogens (tertiary/aromatic N) is 1. The van der Waals surface area contributed by atoms with Crippen LogP contribution in [0.15, 0.2) is 77.3 Å². The van der Waals surface area contributed by atoms with Crippen molar-refractivity contribution >= 4 is 62.1 Å². The second kappa shape index (κ2) is 13.1. The minimum absolute atomic E-state index is 0.0378. The van der Waals surface area contributed by atoms with Gasteiger partial charge in [-0.2, -0.15) is 11.8 Å². The van der Waals surface area contributed by atoms with E-state index in [0.29, 0.717) is 33.8 Å². The molecule has 0 radical (unpaired) electrons. The standard InChI is InChI=1S/C29H25BrClNO5S/c30-21-8-4-18(25(15-21)29(35)36)7-11-27(38-13-12-28(33)34)20-2-1-3-24(14-20)37-17-23-10-6-19-5-9-22(31)16-26(19)32-23/h1-6,8-10,14-16,27H,7,11-13,17H2,(H,33,34)(H,35,36). The molecule has 0 saturated carbocycles. The van der Waals surface area contributed by atoms with E-state index < -0.39 is 11.9 Å². The zero-order valence-electron chi connectivity index (χ0n) is 20.3. The number of pyridine rings is 1. The Morgan fingerprint density at radius 1 is 1.03 bits per heavy atom. The van der Waals surface area contributed by atoms with E-state index in [1.165, 1.54) is 0 Å². The molecule has 38 heavy (non-hydrogen) atoms. The van der Waals surface area contributed by atoms with Crippen molar-refractivity contribution in [2.45, 2.75) is 31.1 Å². The van der Waals surface area contributed by atoms with Crippen LogP contribution in [0.2, 0.25) is 5.02 Å². The van der Waals surface area contributed by atoms with E-state index in [-0.39, 0.29) is 23.8 Å². The van der Waals surface area contributed by atoms with Crippen molar-refractivity contribution in [3.63, 3.8) is 0 Å². The summed E-state index contributed by atoms with van der Waals surface area (Å²) in [6, 6.07) is 22.5. The number of ether oxygens (including phenoxy) is 1. The summed E-state index contributed by atoms with van der Waals surface area (Å²) in [4.78, 5) is 27.5. The van der Waals surface area contributed by atoms with Crippen LogP contribution in [0, 0.1) is 0 Å². The smallest absolute Gasteiger partial charge is 0.336 e. The number of aryl methyl sites for hydroxylation is 1. The van der Waals surface area contributed by atoms with Crippen LogP contribution in [-0.2, 0) is 17.8 Å². The zero-order chi connectivity index (χ0) is 27.1. The van der Waals surface area contributed by atoms with Crippen LogP contribution in [-0.4, -0.2) is 32.9 Å². The summed E-state index contributed by atoms with van der Waals surface area (Å²) >= 11 is 11.0. The number of carboxylic acid groups (broad SMARTS) is 2. The van der Waals surface area contributed by atoms with Crippen LogP contribution in [0.4, 0.5) is 0 Å². The maximum absolute atomic E-state index is 11.7. The van der Waals surface area contributed by atoms with Crippen LogP contribution >= 0.6 is 39.3 Å². The molecule has 1 atom stereocenters. The molecule has 1 aromatic heterocycles. The monoisotopic (exact) mass is 613 g/mol. The van der Waals surface area contributed by atoms with E-state index in [1.807, 2.05) is 66.7 Å². The zero-order valence-corrected chi connectivity index (χ0v) is 23.4. The van der Waals surface area contributed by atoms with Gasteiger partial charge in [0.2, 0.25) is 0 Å². The number of hydrogen-bond acceptors (Lipinski definition) is 5. The van der Waals surface area contributed by atoms with Crippen molar-refractivity contribution in [2.75, 3.05) is 5.75 Å². The summed E-state index contributed by atoms with van der Waals surface area (Å²) in [6.45, 7) is 0.281. The minimum Gasteiger partial charge on any atom is -0.487 e. The Morgan fingerprint density at radius 2 is 1.84 bits per heavy atom. The van der Waals surface area contributed by atoms with Gasteiger partial charge < -0.3 is 14.9 Å². The molecule has 4 rings (SSSR count). The molecule has 3 aromatic carbocycles. The number of aliphatic carboxylic acids is 1. The highest BCUT2D eigenvalue weighted by Gasteiger charge is 2.17. The average Bonchev–Trinajstić information content (AvgIpc) is 2.89. The lowest BCUT2D eigenvalue weighted by molar-refractivity contribution is -0.136. The molecule has 0 aliphatic rings. The lowest BCUT2D eigenvalue weighted by Gasteiger charge is -2.19. The molecule has 0 aliphatic heterocycles. The molecule has 1 unspecified atom stereocenters. The Balaban J connectivity index is 1.49. The van der Waals surface area contributed by atoms with Crippen molar-refractivity contribution in [1.82, 2.24) is 4.98 Å². The molecule has 4 aromatic rings. The molecule has 6 nitrogen and oxygen atoms in total. The fraction of sp³-hybridized carbons (Fsp3) is 0.207. The number of benzene rings is 3. The van der Waals surface area contributed by atoms with E-state index in [4.69, 9.17) is 21.4 Å². The van der Waals surface area contributed by atoms with Crippen LogP contribution in [0.1, 0.15) is 45.3 Å². The van der Waals surface area contributed by atoms with Gasteiger partial charge in [-0.05, 0) is 66.4 Å². The normalized spacial score (nSPS) is 11.8. The molecular formula is C29H25BrClNO5S. The molecule has 0 spiro atoms. The van der Waals surface area contributed by atoms with Gasteiger partial charge in [0.05, 0.1) is 23.2 Å². The Labute approximate surface area is 238 Å². The Bertz CT molecular complexity index is 1460. The number of carboxylic acids is 2. The third-order valence-electron chi connectivity index (χ3n) is 5.94. The van der Waals surface area contributed by atoms with Crippen molar-refractivity contribution in [2.24, 2.45) is 0 Å². The highest BCUT2D eigenvalue weighted by Crippen LogP contribution is 2.36. The maximum Gasteiger partial charge on any atom is 0.336 e. The SMILES string of the molecule is O=C(O)CCSC(CCc1ccc(Br)cc1C(=O)O)c1cccc(OCc2ccc3ccc(Cl)cc3n2)c1. The fourth-order valence-corrected chi connectivity index (χ4v) is 5.79. The van der Waals surface area contributed by atoms with Crippen molar-refractivity contribution < 1.29 is 24.5 Å². The van der Waals surface area contributed by atoms with Crippen molar-refractivity contribution in [3.8, 4) is 5.75 Å². The van der Waals surface area contributed by atoms with Gasteiger partial charge in [-0.3, -0.25) is 4.79 Å². The second-order valence-corrected chi connectivity index (χ2v) is 11.3. The summed E-state index contributed by atoms with van der Waals surface area (Å²) in [5.74, 6) is -0.704. The highest BCUT2D eigenvalue weighted by molar-refractivity contribution is 9.10. The largest absolute Gasteiger partial charge is 0.487 e. The predicted octanol–water partition coefficient (Wildman–Crippen LogP) is 7.81. The van der Waals surface area contributed by atoms with Crippen LogP contribution in [0.25, 0.3) is 10.9 Å². The molecule has 2 N–H and O–H groups in total. The first-order chi connectivity index (χ1) is 18.3. The average molecular weight is 615 g/mol. The van der Waals surface area contributed by atoms with Gasteiger partial charge in [0.1, 0.15) is 12.4 Å². The number of aromatic carboxylic acids is 1. The number of aromatic nitrogens is 1. The predicted molar refractivity (Wildman–Crippen MR) is 154 cm³/mol. The Kier molecular flexibility index (Phi) is 9.66. The van der Waals surface area contributed by atoms with E-state index >= 15 is 0 Å². The molecular weight excluding hydrogens is 590 g/mol. The fourth-order valence-electron chi connectivity index (χ4n) is 4.06. The summed E-state index contributed by atoms with van der Waals surface area (Å²) in [7, 11) is 0. The Morgan fingerprint density at radius 3 is 2.63 bits per heavy atom. The first kappa shape index (κ1) is 28.0. The summed E-state index contributed by atoms with van der Waals surface area (Å²) in [5.41, 5.74) is 3.56. The van der Waals surface area contributed by atoms with Crippen LogP contribution in [0.3, 0.4) is 0 Å². The minimum atomic E-state index is -0.976. The lowest BCUT2D eigenvalue weighted by Crippen LogP contribution is -2.06. The van der Waals surface area contributed by atoms with Gasteiger partial charge in [-0.25, -0.2) is 9.78 Å². The topological polar surface area (TPSA) is 96.7 Å². The molecule has 196 valence electrons. The molecule has 0 fully saturated rings. The third-order valence-corrected chi connectivity index (χ3v) is 8.02. The van der Waals surface area contributed by atoms with Crippen molar-refractivity contribution in [3.05, 3.63) is 105 Å². The number of fused-ring (bicyclic) bond motifs is 1. The first-order valence-corrected chi connectivity index (χ1v) is 14.1. The summed E-state index contributed by atoms with van der Waals surface area (Å²) < 4.78 is 6.76. The molecule has 0 aliphatic carbocycles.